The van der Waals surface area contributed by atoms with Crippen LogP contribution in [0.4, 0.5) is 5.82 Å². The second kappa shape index (κ2) is 6.39. The molecule has 0 aliphatic carbocycles. The number of aryl methyl sites for hydroxylation is 1. The molecule has 17 heavy (non-hydrogen) atoms. The lowest BCUT2D eigenvalue weighted by Crippen LogP contribution is -2.25. The van der Waals surface area contributed by atoms with Crippen LogP contribution in [-0.4, -0.2) is 34.3 Å². The fourth-order valence-corrected chi connectivity index (χ4v) is 1.30. The first-order chi connectivity index (χ1) is 8.02. The van der Waals surface area contributed by atoms with Crippen molar-refractivity contribution in [3.63, 3.8) is 0 Å². The predicted molar refractivity (Wildman–Crippen MR) is 67.3 cm³/mol. The van der Waals surface area contributed by atoms with Gasteiger partial charge in [-0.25, -0.2) is 4.98 Å². The summed E-state index contributed by atoms with van der Waals surface area (Å²) in [5.74, 6) is 2.11. The van der Waals surface area contributed by atoms with Crippen LogP contribution in [0.25, 0.3) is 0 Å². The fourth-order valence-electron chi connectivity index (χ4n) is 1.30. The summed E-state index contributed by atoms with van der Waals surface area (Å²) in [6.07, 6.45) is -0.388. The lowest BCUT2D eigenvalue weighted by atomic mass is 10.1. The van der Waals surface area contributed by atoms with Gasteiger partial charge in [-0.1, -0.05) is 13.8 Å². The molecule has 0 amide bonds. The maximum Gasteiger partial charge on any atom is 0.218 e. The van der Waals surface area contributed by atoms with Gasteiger partial charge in [-0.3, -0.25) is 0 Å². The number of hydrogen-bond donors (Lipinski definition) is 2. The Labute approximate surface area is 102 Å². The van der Waals surface area contributed by atoms with Crippen LogP contribution in [0.15, 0.2) is 6.07 Å². The van der Waals surface area contributed by atoms with Crippen molar-refractivity contribution in [1.29, 1.82) is 0 Å². The van der Waals surface area contributed by atoms with Gasteiger partial charge in [0.15, 0.2) is 0 Å². The molecule has 1 heterocycles. The second-order valence-corrected chi connectivity index (χ2v) is 4.26. The smallest absolute Gasteiger partial charge is 0.218 e. The minimum atomic E-state index is -0.388. The molecule has 0 aliphatic heterocycles. The molecule has 0 spiro atoms. The van der Waals surface area contributed by atoms with E-state index < -0.39 is 0 Å². The highest BCUT2D eigenvalue weighted by atomic mass is 16.5. The first-order valence-electron chi connectivity index (χ1n) is 5.93. The zero-order chi connectivity index (χ0) is 12.8. The molecule has 5 nitrogen and oxygen atoms in total. The highest BCUT2D eigenvalue weighted by molar-refractivity contribution is 5.38. The molecule has 2 N–H and O–H groups in total. The third kappa shape index (κ3) is 4.56. The Balaban J connectivity index is 2.64. The third-order valence-electron chi connectivity index (χ3n) is 2.37. The van der Waals surface area contributed by atoms with E-state index in [0.717, 1.165) is 0 Å². The van der Waals surface area contributed by atoms with Crippen molar-refractivity contribution >= 4 is 5.82 Å². The van der Waals surface area contributed by atoms with Gasteiger partial charge in [0, 0.05) is 12.6 Å². The average molecular weight is 239 g/mol. The van der Waals surface area contributed by atoms with E-state index in [9.17, 15) is 5.11 Å². The summed E-state index contributed by atoms with van der Waals surface area (Å²) < 4.78 is 5.33. The van der Waals surface area contributed by atoms with Crippen LogP contribution in [0, 0.1) is 12.8 Å². The summed E-state index contributed by atoms with van der Waals surface area (Å²) in [5.41, 5.74) is 0. The predicted octanol–water partition coefficient (Wildman–Crippen LogP) is 1.61. The molecule has 1 aromatic heterocycles. The molecule has 0 saturated carbocycles. The number of nitrogens with zero attached hydrogens (tertiary/aromatic N) is 2. The van der Waals surface area contributed by atoms with Gasteiger partial charge in [0.05, 0.1) is 12.7 Å². The van der Waals surface area contributed by atoms with E-state index >= 15 is 0 Å². The van der Waals surface area contributed by atoms with E-state index in [1.54, 1.807) is 6.07 Å². The Bertz CT molecular complexity index is 356. The molecule has 1 rings (SSSR count). The Morgan fingerprint density at radius 3 is 2.71 bits per heavy atom. The number of aliphatic hydroxyl groups is 1. The number of anilines is 1. The number of rotatable bonds is 6. The standard InChI is InChI=1S/C12H21N3O2/c1-5-17-12-6-11(14-9(4)15-12)13-7-10(16)8(2)3/h6,8,10,16H,5,7H2,1-4H3,(H,13,14,15). The SMILES string of the molecule is CCOc1cc(NCC(O)C(C)C)nc(C)n1. The summed E-state index contributed by atoms with van der Waals surface area (Å²) in [7, 11) is 0. The third-order valence-corrected chi connectivity index (χ3v) is 2.37. The largest absolute Gasteiger partial charge is 0.478 e. The summed E-state index contributed by atoms with van der Waals surface area (Å²) in [4.78, 5) is 8.38. The van der Waals surface area contributed by atoms with Gasteiger partial charge in [0.2, 0.25) is 5.88 Å². The average Bonchev–Trinajstić information content (AvgIpc) is 2.25. The minimum absolute atomic E-state index is 0.219. The van der Waals surface area contributed by atoms with Crippen LogP contribution < -0.4 is 10.1 Å². The highest BCUT2D eigenvalue weighted by Crippen LogP contribution is 2.13. The Kier molecular flexibility index (Phi) is 5.15. The molecule has 96 valence electrons. The van der Waals surface area contributed by atoms with Crippen LogP contribution in [0.2, 0.25) is 0 Å². The Morgan fingerprint density at radius 1 is 1.41 bits per heavy atom. The number of ether oxygens (including phenoxy) is 1. The normalized spacial score (nSPS) is 12.6. The van der Waals surface area contributed by atoms with Crippen LogP contribution in [0.3, 0.4) is 0 Å². The number of hydrogen-bond acceptors (Lipinski definition) is 5. The molecule has 1 atom stereocenters. The molecule has 0 aromatic carbocycles. The summed E-state index contributed by atoms with van der Waals surface area (Å²) in [6, 6.07) is 1.74. The summed E-state index contributed by atoms with van der Waals surface area (Å²) in [6.45, 7) is 8.72. The van der Waals surface area contributed by atoms with Gasteiger partial charge < -0.3 is 15.2 Å². The summed E-state index contributed by atoms with van der Waals surface area (Å²) in [5, 5.41) is 12.8. The number of nitrogens with one attached hydrogen (secondary N) is 1. The van der Waals surface area contributed by atoms with Crippen molar-refractivity contribution in [3.05, 3.63) is 11.9 Å². The molecule has 1 aromatic rings. The number of aromatic nitrogens is 2. The van der Waals surface area contributed by atoms with Gasteiger partial charge in [-0.05, 0) is 19.8 Å². The van der Waals surface area contributed by atoms with Crippen molar-refractivity contribution in [2.75, 3.05) is 18.5 Å². The van der Waals surface area contributed by atoms with E-state index in [1.165, 1.54) is 0 Å². The molecule has 0 saturated heterocycles. The van der Waals surface area contributed by atoms with E-state index in [4.69, 9.17) is 4.74 Å². The Morgan fingerprint density at radius 2 is 2.12 bits per heavy atom. The maximum atomic E-state index is 9.69. The van der Waals surface area contributed by atoms with Crippen LogP contribution in [0.5, 0.6) is 5.88 Å². The molecule has 0 bridgehead atoms. The molecule has 0 fully saturated rings. The first-order valence-corrected chi connectivity index (χ1v) is 5.93. The highest BCUT2D eigenvalue weighted by Gasteiger charge is 2.09. The van der Waals surface area contributed by atoms with Gasteiger partial charge in [-0.15, -0.1) is 0 Å². The maximum absolute atomic E-state index is 9.69. The second-order valence-electron chi connectivity index (χ2n) is 4.26. The number of aliphatic hydroxyl groups excluding tert-OH is 1. The minimum Gasteiger partial charge on any atom is -0.478 e. The van der Waals surface area contributed by atoms with Crippen LogP contribution >= 0.6 is 0 Å². The first kappa shape index (κ1) is 13.7. The van der Waals surface area contributed by atoms with E-state index in [1.807, 2.05) is 27.7 Å². The van der Waals surface area contributed by atoms with Crippen LogP contribution in [-0.2, 0) is 0 Å². The van der Waals surface area contributed by atoms with Gasteiger partial charge >= 0.3 is 0 Å². The van der Waals surface area contributed by atoms with Gasteiger partial charge in [-0.2, -0.15) is 4.98 Å². The van der Waals surface area contributed by atoms with Gasteiger partial charge in [0.25, 0.3) is 0 Å². The van der Waals surface area contributed by atoms with Crippen molar-refractivity contribution in [2.45, 2.75) is 33.8 Å². The van der Waals surface area contributed by atoms with E-state index in [0.29, 0.717) is 30.7 Å². The van der Waals surface area contributed by atoms with E-state index in [-0.39, 0.29) is 12.0 Å². The van der Waals surface area contributed by atoms with E-state index in [2.05, 4.69) is 15.3 Å². The topological polar surface area (TPSA) is 67.3 Å². The van der Waals surface area contributed by atoms with Gasteiger partial charge in [0.1, 0.15) is 11.6 Å². The van der Waals surface area contributed by atoms with Crippen molar-refractivity contribution in [2.24, 2.45) is 5.92 Å². The molecular weight excluding hydrogens is 218 g/mol. The molecule has 0 aliphatic rings. The van der Waals surface area contributed by atoms with Crippen molar-refractivity contribution in [1.82, 2.24) is 9.97 Å². The Hall–Kier alpha value is -1.36. The molecule has 1 unspecified atom stereocenters. The van der Waals surface area contributed by atoms with Crippen LogP contribution in [0.1, 0.15) is 26.6 Å². The lowest BCUT2D eigenvalue weighted by molar-refractivity contribution is 0.138. The van der Waals surface area contributed by atoms with Crippen molar-refractivity contribution in [3.8, 4) is 5.88 Å². The zero-order valence-electron chi connectivity index (χ0n) is 10.9. The van der Waals surface area contributed by atoms with Crippen molar-refractivity contribution < 1.29 is 9.84 Å². The molecule has 5 heteroatoms. The lowest BCUT2D eigenvalue weighted by Gasteiger charge is -2.15. The summed E-state index contributed by atoms with van der Waals surface area (Å²) >= 11 is 0. The molecule has 0 radical (unpaired) electrons. The zero-order valence-corrected chi connectivity index (χ0v) is 10.9. The fraction of sp³-hybridized carbons (Fsp3) is 0.667. The molecular formula is C12H21N3O2. The quantitative estimate of drug-likeness (QED) is 0.789. The monoisotopic (exact) mass is 239 g/mol.